The minimum Gasteiger partial charge on any atom is -0.486 e. The van der Waals surface area contributed by atoms with Crippen molar-refractivity contribution in [3.8, 4) is 11.5 Å². The van der Waals surface area contributed by atoms with Crippen LogP contribution in [0.3, 0.4) is 0 Å². The molecule has 0 saturated carbocycles. The number of hydrogen-bond donors (Lipinski definition) is 1. The Hall–Kier alpha value is -2.80. The SMILES string of the molecule is C[C@H](NC(=O)[C@@H](C)n1sc2ccccc2c1=O)c1ccc2c(c1)OCCO2. The monoisotopic (exact) mass is 384 g/mol. The molecular weight excluding hydrogens is 364 g/mol. The van der Waals surface area contributed by atoms with Gasteiger partial charge in [0.05, 0.1) is 16.1 Å². The zero-order valence-corrected chi connectivity index (χ0v) is 15.9. The van der Waals surface area contributed by atoms with E-state index in [0.29, 0.717) is 30.1 Å². The second-order valence-electron chi connectivity index (χ2n) is 6.53. The quantitative estimate of drug-likeness (QED) is 0.750. The lowest BCUT2D eigenvalue weighted by atomic mass is 10.1. The van der Waals surface area contributed by atoms with E-state index in [1.54, 1.807) is 13.0 Å². The van der Waals surface area contributed by atoms with Gasteiger partial charge >= 0.3 is 0 Å². The largest absolute Gasteiger partial charge is 0.486 e. The van der Waals surface area contributed by atoms with E-state index in [-0.39, 0.29) is 17.5 Å². The van der Waals surface area contributed by atoms with Crippen LogP contribution in [0.4, 0.5) is 0 Å². The third-order valence-corrected chi connectivity index (χ3v) is 5.90. The van der Waals surface area contributed by atoms with E-state index < -0.39 is 6.04 Å². The van der Waals surface area contributed by atoms with Crippen LogP contribution in [-0.4, -0.2) is 23.1 Å². The Balaban J connectivity index is 1.52. The number of ether oxygens (including phenoxy) is 2. The molecule has 0 unspecified atom stereocenters. The van der Waals surface area contributed by atoms with Crippen LogP contribution in [0.25, 0.3) is 10.1 Å². The van der Waals surface area contributed by atoms with Gasteiger partial charge in [0.25, 0.3) is 5.56 Å². The average Bonchev–Trinajstić information content (AvgIpc) is 3.03. The Bertz CT molecular complexity index is 1060. The van der Waals surface area contributed by atoms with Crippen LogP contribution >= 0.6 is 11.5 Å². The highest BCUT2D eigenvalue weighted by atomic mass is 32.1. The highest BCUT2D eigenvalue weighted by molar-refractivity contribution is 7.14. The summed E-state index contributed by atoms with van der Waals surface area (Å²) in [5.41, 5.74) is 0.786. The molecule has 1 aliphatic heterocycles. The van der Waals surface area contributed by atoms with Crippen LogP contribution in [0, 0.1) is 0 Å². The normalized spacial score (nSPS) is 15.3. The molecule has 2 heterocycles. The molecular formula is C20H20N2O4S. The minimum absolute atomic E-state index is 0.134. The first-order valence-electron chi connectivity index (χ1n) is 8.85. The standard InChI is InChI=1S/C20H20N2O4S/c1-12(14-7-8-16-17(11-14)26-10-9-25-16)21-19(23)13(2)22-20(24)15-5-3-4-6-18(15)27-22/h3-8,11-13H,9-10H2,1-2H3,(H,21,23)/t12-,13+/m0/s1. The molecule has 1 amide bonds. The van der Waals surface area contributed by atoms with Gasteiger partial charge in [0.15, 0.2) is 11.5 Å². The van der Waals surface area contributed by atoms with Crippen molar-refractivity contribution in [2.75, 3.05) is 13.2 Å². The Labute approximate surface area is 160 Å². The summed E-state index contributed by atoms with van der Waals surface area (Å²) >= 11 is 1.31. The Morgan fingerprint density at radius 1 is 1.11 bits per heavy atom. The maximum Gasteiger partial charge on any atom is 0.269 e. The third-order valence-electron chi connectivity index (χ3n) is 4.67. The zero-order valence-electron chi connectivity index (χ0n) is 15.1. The lowest BCUT2D eigenvalue weighted by Crippen LogP contribution is -2.35. The predicted octanol–water partition coefficient (Wildman–Crippen LogP) is 3.27. The third kappa shape index (κ3) is 3.30. The summed E-state index contributed by atoms with van der Waals surface area (Å²) in [7, 11) is 0. The molecule has 4 rings (SSSR count). The first-order chi connectivity index (χ1) is 13.0. The van der Waals surface area contributed by atoms with Gasteiger partial charge in [-0.25, -0.2) is 0 Å². The maximum absolute atomic E-state index is 12.7. The van der Waals surface area contributed by atoms with Crippen molar-refractivity contribution < 1.29 is 14.3 Å². The van der Waals surface area contributed by atoms with Gasteiger partial charge in [-0.15, -0.1) is 0 Å². The topological polar surface area (TPSA) is 69.6 Å². The number of carbonyl (C=O) groups excluding carboxylic acids is 1. The molecule has 2 atom stereocenters. The maximum atomic E-state index is 12.7. The van der Waals surface area contributed by atoms with E-state index in [4.69, 9.17) is 9.47 Å². The minimum atomic E-state index is -0.588. The van der Waals surface area contributed by atoms with E-state index in [2.05, 4.69) is 5.32 Å². The highest BCUT2D eigenvalue weighted by Crippen LogP contribution is 2.32. The molecule has 1 aromatic heterocycles. The highest BCUT2D eigenvalue weighted by Gasteiger charge is 2.22. The summed E-state index contributed by atoms with van der Waals surface area (Å²) in [5, 5.41) is 3.63. The van der Waals surface area contributed by atoms with E-state index in [9.17, 15) is 9.59 Å². The smallest absolute Gasteiger partial charge is 0.269 e. The summed E-state index contributed by atoms with van der Waals surface area (Å²) in [6.45, 7) is 4.70. The van der Waals surface area contributed by atoms with Gasteiger partial charge in [0, 0.05) is 0 Å². The van der Waals surface area contributed by atoms with Crippen molar-refractivity contribution >= 4 is 27.5 Å². The van der Waals surface area contributed by atoms with Crippen molar-refractivity contribution in [2.45, 2.75) is 25.9 Å². The first kappa shape index (κ1) is 17.6. The lowest BCUT2D eigenvalue weighted by molar-refractivity contribution is -0.124. The molecule has 0 aliphatic carbocycles. The van der Waals surface area contributed by atoms with Gasteiger partial charge in [-0.05, 0) is 43.7 Å². The molecule has 0 radical (unpaired) electrons. The molecule has 7 heteroatoms. The Morgan fingerprint density at radius 2 is 1.85 bits per heavy atom. The van der Waals surface area contributed by atoms with Crippen molar-refractivity contribution in [1.82, 2.24) is 9.27 Å². The molecule has 6 nitrogen and oxygen atoms in total. The summed E-state index contributed by atoms with van der Waals surface area (Å²) in [6.07, 6.45) is 0. The van der Waals surface area contributed by atoms with E-state index >= 15 is 0 Å². The number of aromatic nitrogens is 1. The van der Waals surface area contributed by atoms with Gasteiger partial charge in [0.1, 0.15) is 19.3 Å². The van der Waals surface area contributed by atoms with Crippen molar-refractivity contribution in [2.24, 2.45) is 0 Å². The van der Waals surface area contributed by atoms with Crippen LogP contribution in [0.5, 0.6) is 11.5 Å². The fourth-order valence-corrected chi connectivity index (χ4v) is 4.14. The molecule has 3 aromatic rings. The Kier molecular flexibility index (Phi) is 4.61. The number of fused-ring (bicyclic) bond motifs is 2. The number of carbonyl (C=O) groups is 1. The lowest BCUT2D eigenvalue weighted by Gasteiger charge is -2.22. The summed E-state index contributed by atoms with van der Waals surface area (Å²) in [4.78, 5) is 25.3. The van der Waals surface area contributed by atoms with E-state index in [1.165, 1.54) is 15.5 Å². The second kappa shape index (κ2) is 7.08. The van der Waals surface area contributed by atoms with Crippen LogP contribution in [0.2, 0.25) is 0 Å². The summed E-state index contributed by atoms with van der Waals surface area (Å²) in [6, 6.07) is 12.2. The van der Waals surface area contributed by atoms with Gasteiger partial charge < -0.3 is 14.8 Å². The number of benzene rings is 2. The Morgan fingerprint density at radius 3 is 2.63 bits per heavy atom. The first-order valence-corrected chi connectivity index (χ1v) is 9.62. The van der Waals surface area contributed by atoms with Gasteiger partial charge in [-0.1, -0.05) is 29.7 Å². The number of hydrogen-bond acceptors (Lipinski definition) is 5. The number of amides is 1. The number of rotatable bonds is 4. The van der Waals surface area contributed by atoms with Crippen LogP contribution in [-0.2, 0) is 4.79 Å². The molecule has 1 N–H and O–H groups in total. The number of nitrogens with one attached hydrogen (secondary N) is 1. The van der Waals surface area contributed by atoms with Crippen molar-refractivity contribution in [3.05, 3.63) is 58.4 Å². The molecule has 2 aromatic carbocycles. The second-order valence-corrected chi connectivity index (χ2v) is 7.54. The fourth-order valence-electron chi connectivity index (χ4n) is 3.10. The van der Waals surface area contributed by atoms with Gasteiger partial charge in [-0.3, -0.25) is 13.5 Å². The van der Waals surface area contributed by atoms with Gasteiger partial charge in [0.2, 0.25) is 5.91 Å². The molecule has 0 fully saturated rings. The average molecular weight is 384 g/mol. The van der Waals surface area contributed by atoms with Crippen molar-refractivity contribution in [1.29, 1.82) is 0 Å². The molecule has 140 valence electrons. The fraction of sp³-hybridized carbons (Fsp3) is 0.300. The molecule has 0 spiro atoms. The molecule has 1 aliphatic rings. The predicted molar refractivity (Wildman–Crippen MR) is 105 cm³/mol. The van der Waals surface area contributed by atoms with E-state index in [0.717, 1.165) is 10.3 Å². The van der Waals surface area contributed by atoms with E-state index in [1.807, 2.05) is 43.3 Å². The van der Waals surface area contributed by atoms with Crippen LogP contribution in [0.15, 0.2) is 47.3 Å². The molecule has 0 saturated heterocycles. The summed E-state index contributed by atoms with van der Waals surface area (Å²) < 4.78 is 13.5. The van der Waals surface area contributed by atoms with Crippen LogP contribution < -0.4 is 20.3 Å². The molecule has 0 bridgehead atoms. The molecule has 27 heavy (non-hydrogen) atoms. The van der Waals surface area contributed by atoms with Crippen LogP contribution in [0.1, 0.15) is 31.5 Å². The summed E-state index contributed by atoms with van der Waals surface area (Å²) in [5.74, 6) is 1.20. The van der Waals surface area contributed by atoms with Crippen molar-refractivity contribution in [3.63, 3.8) is 0 Å². The number of nitrogens with zero attached hydrogens (tertiary/aromatic N) is 1. The zero-order chi connectivity index (χ0) is 19.0. The van der Waals surface area contributed by atoms with Gasteiger partial charge in [-0.2, -0.15) is 0 Å².